The first-order valence-corrected chi connectivity index (χ1v) is 12.3. The van der Waals surface area contributed by atoms with Gasteiger partial charge in [-0.15, -0.1) is 0 Å². The van der Waals surface area contributed by atoms with Crippen molar-refractivity contribution in [2.24, 2.45) is 0 Å². The van der Waals surface area contributed by atoms with E-state index in [4.69, 9.17) is 9.84 Å². The third kappa shape index (κ3) is 4.79. The lowest BCUT2D eigenvalue weighted by Gasteiger charge is -2.35. The first-order chi connectivity index (χ1) is 16.5. The van der Waals surface area contributed by atoms with E-state index in [1.54, 1.807) is 4.68 Å². The lowest BCUT2D eigenvalue weighted by molar-refractivity contribution is 0.262. The van der Waals surface area contributed by atoms with Gasteiger partial charge in [0.25, 0.3) is 0 Å². The molecule has 0 saturated carbocycles. The molecule has 0 bridgehead atoms. The summed E-state index contributed by atoms with van der Waals surface area (Å²) in [5.41, 5.74) is 3.77. The predicted octanol–water partition coefficient (Wildman–Crippen LogP) is 6.62. The molecule has 2 heterocycles. The molecule has 7 heteroatoms. The zero-order valence-electron chi connectivity index (χ0n) is 19.1. The number of carbonyl (C=O) groups excluding carboxylic acids is 1. The summed E-state index contributed by atoms with van der Waals surface area (Å²) >= 11 is 1.91. The Balaban J connectivity index is 1.31. The summed E-state index contributed by atoms with van der Waals surface area (Å²) in [5, 5.41) is 10.7. The predicted molar refractivity (Wildman–Crippen MR) is 139 cm³/mol. The van der Waals surface area contributed by atoms with Crippen LogP contribution in [0.5, 0.6) is 11.5 Å². The molecule has 0 unspecified atom stereocenters. The number of aromatic nitrogens is 2. The smallest absolute Gasteiger partial charge is 0.324 e. The highest BCUT2D eigenvalue weighted by molar-refractivity contribution is 8.00. The summed E-state index contributed by atoms with van der Waals surface area (Å²) in [6.07, 6.45) is 0. The van der Waals surface area contributed by atoms with Gasteiger partial charge < -0.3 is 10.1 Å². The second-order valence-corrected chi connectivity index (χ2v) is 9.72. The highest BCUT2D eigenvalue weighted by Gasteiger charge is 2.37. The number of nitrogens with zero attached hydrogens (tertiary/aromatic N) is 2. The molecular formula is C27H26N4O2S. The SMILES string of the molecule is Cc1ccc(-n2nc(C3(C)CSC3)cc2NC(=O)Nc2ccc(Oc3ccccc3)cc2)cc1. The van der Waals surface area contributed by atoms with Crippen molar-refractivity contribution < 1.29 is 9.53 Å². The van der Waals surface area contributed by atoms with Gasteiger partial charge in [-0.25, -0.2) is 9.48 Å². The fraction of sp³-hybridized carbons (Fsp3) is 0.185. The molecule has 0 aliphatic carbocycles. The summed E-state index contributed by atoms with van der Waals surface area (Å²) in [4.78, 5) is 12.8. The Kier molecular flexibility index (Phi) is 6.02. The molecule has 2 N–H and O–H groups in total. The Labute approximate surface area is 203 Å². The molecule has 0 atom stereocenters. The average Bonchev–Trinajstić information content (AvgIpc) is 3.24. The molecular weight excluding hydrogens is 444 g/mol. The summed E-state index contributed by atoms with van der Waals surface area (Å²) in [6.45, 7) is 4.27. The molecule has 1 aromatic heterocycles. The monoisotopic (exact) mass is 470 g/mol. The van der Waals surface area contributed by atoms with Gasteiger partial charge in [-0.2, -0.15) is 16.9 Å². The van der Waals surface area contributed by atoms with Gasteiger partial charge in [0.1, 0.15) is 17.3 Å². The van der Waals surface area contributed by atoms with Crippen molar-refractivity contribution in [3.05, 3.63) is 96.2 Å². The van der Waals surface area contributed by atoms with Crippen LogP contribution in [0.15, 0.2) is 84.9 Å². The van der Waals surface area contributed by atoms with E-state index in [1.165, 1.54) is 5.56 Å². The van der Waals surface area contributed by atoms with E-state index in [2.05, 4.69) is 17.6 Å². The highest BCUT2D eigenvalue weighted by atomic mass is 32.2. The molecule has 6 nitrogen and oxygen atoms in total. The van der Waals surface area contributed by atoms with Crippen LogP contribution in [0.4, 0.5) is 16.3 Å². The van der Waals surface area contributed by atoms with Crippen molar-refractivity contribution in [1.29, 1.82) is 0 Å². The Morgan fingerprint density at radius 3 is 2.26 bits per heavy atom. The van der Waals surface area contributed by atoms with Gasteiger partial charge in [0.2, 0.25) is 0 Å². The van der Waals surface area contributed by atoms with E-state index < -0.39 is 0 Å². The Hall–Kier alpha value is -3.71. The lowest BCUT2D eigenvalue weighted by atomic mass is 9.91. The van der Waals surface area contributed by atoms with Crippen molar-refractivity contribution in [2.45, 2.75) is 19.3 Å². The number of para-hydroxylation sites is 1. The number of amides is 2. The van der Waals surface area contributed by atoms with Crippen LogP contribution in [0.1, 0.15) is 18.2 Å². The summed E-state index contributed by atoms with van der Waals surface area (Å²) < 4.78 is 7.62. The van der Waals surface area contributed by atoms with Gasteiger partial charge in [0.15, 0.2) is 0 Å². The van der Waals surface area contributed by atoms with Gasteiger partial charge in [-0.1, -0.05) is 42.8 Å². The van der Waals surface area contributed by atoms with E-state index in [-0.39, 0.29) is 11.4 Å². The number of nitrogens with one attached hydrogen (secondary N) is 2. The maximum Gasteiger partial charge on any atom is 0.324 e. The third-order valence-electron chi connectivity index (χ3n) is 5.78. The van der Waals surface area contributed by atoms with Crippen molar-refractivity contribution in [1.82, 2.24) is 9.78 Å². The largest absolute Gasteiger partial charge is 0.457 e. The quantitative estimate of drug-likeness (QED) is 0.332. The van der Waals surface area contributed by atoms with E-state index >= 15 is 0 Å². The number of anilines is 2. The van der Waals surface area contributed by atoms with Gasteiger partial charge in [0.05, 0.1) is 11.4 Å². The third-order valence-corrected chi connectivity index (χ3v) is 7.46. The minimum absolute atomic E-state index is 0.0299. The van der Waals surface area contributed by atoms with Crippen LogP contribution in [-0.2, 0) is 5.41 Å². The van der Waals surface area contributed by atoms with Crippen LogP contribution in [0.25, 0.3) is 5.69 Å². The molecule has 0 radical (unpaired) electrons. The normalized spacial score (nSPS) is 14.2. The standard InChI is InChI=1S/C27H26N4O2S/c1-19-8-12-21(13-9-19)31-25(16-24(30-31)27(2)17-34-18-27)29-26(32)28-20-10-14-23(15-11-20)33-22-6-4-3-5-7-22/h3-16H,17-18H2,1-2H3,(H2,28,29,32). The first-order valence-electron chi connectivity index (χ1n) is 11.1. The summed E-state index contributed by atoms with van der Waals surface area (Å²) in [7, 11) is 0. The summed E-state index contributed by atoms with van der Waals surface area (Å²) in [5.74, 6) is 4.16. The minimum atomic E-state index is -0.329. The van der Waals surface area contributed by atoms with E-state index in [0.717, 1.165) is 28.6 Å². The van der Waals surface area contributed by atoms with Crippen molar-refractivity contribution in [3.63, 3.8) is 0 Å². The number of urea groups is 1. The number of benzene rings is 3. The molecule has 0 spiro atoms. The van der Waals surface area contributed by atoms with Gasteiger partial charge in [0, 0.05) is 28.7 Å². The maximum atomic E-state index is 12.8. The van der Waals surface area contributed by atoms with Crippen molar-refractivity contribution in [2.75, 3.05) is 22.1 Å². The Morgan fingerprint density at radius 1 is 0.941 bits per heavy atom. The van der Waals surface area contributed by atoms with E-state index in [0.29, 0.717) is 17.3 Å². The van der Waals surface area contributed by atoms with Crippen LogP contribution in [0.3, 0.4) is 0 Å². The molecule has 1 fully saturated rings. The zero-order chi connectivity index (χ0) is 23.5. The zero-order valence-corrected chi connectivity index (χ0v) is 19.9. The molecule has 172 valence electrons. The highest BCUT2D eigenvalue weighted by Crippen LogP contribution is 2.41. The number of ether oxygens (including phenoxy) is 1. The molecule has 4 aromatic rings. The number of carbonyl (C=O) groups is 1. The first kappa shape index (κ1) is 22.1. The van der Waals surface area contributed by atoms with Crippen LogP contribution >= 0.6 is 11.8 Å². The molecule has 2 amide bonds. The van der Waals surface area contributed by atoms with Gasteiger partial charge in [-0.05, 0) is 55.5 Å². The Bertz CT molecular complexity index is 1280. The lowest BCUT2D eigenvalue weighted by Crippen LogP contribution is -2.37. The fourth-order valence-electron chi connectivity index (χ4n) is 3.71. The molecule has 1 aliphatic heterocycles. The van der Waals surface area contributed by atoms with Crippen molar-refractivity contribution >= 4 is 29.3 Å². The van der Waals surface area contributed by atoms with Crippen LogP contribution in [0.2, 0.25) is 0 Å². The average molecular weight is 471 g/mol. The van der Waals surface area contributed by atoms with Crippen LogP contribution < -0.4 is 15.4 Å². The van der Waals surface area contributed by atoms with Gasteiger partial charge >= 0.3 is 6.03 Å². The number of aryl methyl sites for hydroxylation is 1. The molecule has 1 aliphatic rings. The van der Waals surface area contributed by atoms with Crippen molar-refractivity contribution in [3.8, 4) is 17.2 Å². The molecule has 5 rings (SSSR count). The van der Waals surface area contributed by atoms with E-state index in [9.17, 15) is 4.79 Å². The molecule has 1 saturated heterocycles. The summed E-state index contributed by atoms with van der Waals surface area (Å²) in [6, 6.07) is 26.6. The molecule has 3 aromatic carbocycles. The van der Waals surface area contributed by atoms with Gasteiger partial charge in [-0.3, -0.25) is 5.32 Å². The Morgan fingerprint density at radius 2 is 1.62 bits per heavy atom. The number of hydrogen-bond acceptors (Lipinski definition) is 4. The molecule has 34 heavy (non-hydrogen) atoms. The fourth-order valence-corrected chi connectivity index (χ4v) is 4.83. The van der Waals surface area contributed by atoms with Crippen LogP contribution in [0, 0.1) is 6.92 Å². The maximum absolute atomic E-state index is 12.8. The second kappa shape index (κ2) is 9.27. The number of thioether (sulfide) groups is 1. The minimum Gasteiger partial charge on any atom is -0.457 e. The van der Waals surface area contributed by atoms with Crippen LogP contribution in [-0.4, -0.2) is 27.3 Å². The number of rotatable bonds is 6. The second-order valence-electron chi connectivity index (χ2n) is 8.73. The topological polar surface area (TPSA) is 68.2 Å². The van der Waals surface area contributed by atoms with E-state index in [1.807, 2.05) is 104 Å². The number of hydrogen-bond donors (Lipinski definition) is 2.